The molecule has 0 aromatic heterocycles. The van der Waals surface area contributed by atoms with E-state index in [0.29, 0.717) is 44.1 Å². The predicted molar refractivity (Wildman–Crippen MR) is 334 cm³/mol. The minimum absolute atomic E-state index is 0.0120. The summed E-state index contributed by atoms with van der Waals surface area (Å²) in [7, 11) is 0. The number of carboxylic acid groups (broad SMARTS) is 1. The van der Waals surface area contributed by atoms with E-state index >= 15 is 0 Å². The topological polar surface area (TPSA) is 481 Å². The van der Waals surface area contributed by atoms with E-state index in [1.54, 1.807) is 71.9 Å². The maximum Gasteiger partial charge on any atom is 0.326 e. The van der Waals surface area contributed by atoms with E-state index in [-0.39, 0.29) is 70.0 Å². The summed E-state index contributed by atoms with van der Waals surface area (Å²) in [5, 5.41) is 54.9. The van der Waals surface area contributed by atoms with Gasteiger partial charge < -0.3 is 91.0 Å². The van der Waals surface area contributed by atoms with Gasteiger partial charge in [-0.1, -0.05) is 92.1 Å². The van der Waals surface area contributed by atoms with Crippen molar-refractivity contribution in [2.75, 3.05) is 19.6 Å². The number of primary amides is 1. The van der Waals surface area contributed by atoms with Crippen LogP contribution in [0.2, 0.25) is 0 Å². The fraction of sp³-hybridized carbons (Fsp3) is 0.705. The third kappa shape index (κ3) is 26.6. The zero-order valence-electron chi connectivity index (χ0n) is 54.0. The molecule has 2 rings (SSSR count). The van der Waals surface area contributed by atoms with Crippen molar-refractivity contribution in [2.24, 2.45) is 46.6 Å². The number of hydrogen-bond acceptors (Lipinski definition) is 17. The molecule has 20 N–H and O–H groups in total. The van der Waals surface area contributed by atoms with Crippen molar-refractivity contribution >= 4 is 70.9 Å². The fourth-order valence-corrected chi connectivity index (χ4v) is 10.2. The first kappa shape index (κ1) is 78.8. The molecule has 29 heteroatoms. The minimum atomic E-state index is -1.76. The Morgan fingerprint density at radius 1 is 0.544 bits per heavy atom. The summed E-state index contributed by atoms with van der Waals surface area (Å²) in [6.07, 6.45) is -0.954. The first-order valence-electron chi connectivity index (χ1n) is 31.4. The predicted octanol–water partition coefficient (Wildman–Crippen LogP) is -2.32. The zero-order valence-corrected chi connectivity index (χ0v) is 54.0. The van der Waals surface area contributed by atoms with Crippen LogP contribution in [0.5, 0.6) is 0 Å². The van der Waals surface area contributed by atoms with Gasteiger partial charge in [0, 0.05) is 13.0 Å². The van der Waals surface area contributed by atoms with Gasteiger partial charge in [0.1, 0.15) is 60.4 Å². The molecule has 0 spiro atoms. The normalized spacial score (nSPS) is 17.5. The molecule has 1 heterocycles. The number of amides is 11. The lowest BCUT2D eigenvalue weighted by molar-refractivity contribution is -0.145. The quantitative estimate of drug-likeness (QED) is 0.0306. The number of unbranched alkanes of at least 4 members (excludes halogenated alkanes) is 2. The van der Waals surface area contributed by atoms with E-state index in [4.69, 9.17) is 22.9 Å². The summed E-state index contributed by atoms with van der Waals surface area (Å²) in [6, 6.07) is -6.32. The number of likely N-dealkylation sites (tertiary alicyclic amines) is 1. The largest absolute Gasteiger partial charge is 0.480 e. The Kier molecular flexibility index (Phi) is 34.8. The average Bonchev–Trinajstić information content (AvgIpc) is 2.87. The van der Waals surface area contributed by atoms with Crippen molar-refractivity contribution in [3.8, 4) is 0 Å². The van der Waals surface area contributed by atoms with E-state index < -0.39 is 168 Å². The smallest absolute Gasteiger partial charge is 0.326 e. The van der Waals surface area contributed by atoms with E-state index in [1.807, 2.05) is 13.8 Å². The van der Waals surface area contributed by atoms with Crippen LogP contribution in [0.25, 0.3) is 0 Å². The van der Waals surface area contributed by atoms with Gasteiger partial charge in [-0.15, -0.1) is 0 Å². The highest BCUT2D eigenvalue weighted by Crippen LogP contribution is 2.22. The van der Waals surface area contributed by atoms with E-state index in [1.165, 1.54) is 18.7 Å². The second kappa shape index (κ2) is 39.7. The fourth-order valence-electron chi connectivity index (χ4n) is 10.2. The first-order chi connectivity index (χ1) is 42.3. The molecule has 1 saturated heterocycles. The highest BCUT2D eigenvalue weighted by molar-refractivity contribution is 5.99. The third-order valence-corrected chi connectivity index (χ3v) is 15.5. The molecule has 0 radical (unpaired) electrons. The van der Waals surface area contributed by atoms with Crippen LogP contribution >= 0.6 is 0 Å². The zero-order chi connectivity index (χ0) is 68.1. The number of nitrogens with zero attached hydrogens (tertiary/aromatic N) is 1. The Labute approximate surface area is 528 Å². The van der Waals surface area contributed by atoms with Crippen LogP contribution in [0, 0.1) is 23.7 Å². The van der Waals surface area contributed by atoms with Crippen molar-refractivity contribution < 1.29 is 72.9 Å². The number of hydrogen-bond donors (Lipinski definition) is 16. The summed E-state index contributed by atoms with van der Waals surface area (Å²) in [5.74, 6) is -12.1. The SMILES string of the molecule is CC[C@H](C)[C@H](NC(=O)[C@@H](N)CC(N)=O)C(=O)N[C@H](C(=O)N[C@H](C(=O)N[C@H](C(=O)N[C@@H](CC(C)C)C(=O)N[C@@H](CCCCN)C(=O)N[C@@H](CCCCN)C(=O)N[C@@H](Cc1ccccc1)C(=O)N1CCC[C@H]1C(=O)N[C@@H](CC(C)C)C(=O)O)[C@@H](C)O)C(C)C)[C@@H](C)O. The summed E-state index contributed by atoms with van der Waals surface area (Å²) in [5.41, 5.74) is 23.3. The number of carbonyl (C=O) groups is 12. The lowest BCUT2D eigenvalue weighted by atomic mass is 9.96. The molecular formula is C61H104N14O15. The summed E-state index contributed by atoms with van der Waals surface area (Å²) < 4.78 is 0. The van der Waals surface area contributed by atoms with Crippen molar-refractivity contribution in [3.05, 3.63) is 35.9 Å². The molecule has 1 fully saturated rings. The van der Waals surface area contributed by atoms with Crippen LogP contribution in [-0.4, -0.2) is 189 Å². The molecule has 11 amide bonds. The van der Waals surface area contributed by atoms with Crippen molar-refractivity contribution in [2.45, 2.75) is 231 Å². The van der Waals surface area contributed by atoms with Gasteiger partial charge in [-0.05, 0) is 120 Å². The Bertz CT molecular complexity index is 2540. The number of aliphatic hydroxyl groups is 2. The van der Waals surface area contributed by atoms with Gasteiger partial charge in [-0.25, -0.2) is 4.79 Å². The Hall–Kier alpha value is -7.34. The van der Waals surface area contributed by atoms with Gasteiger partial charge in [0.15, 0.2) is 0 Å². The highest BCUT2D eigenvalue weighted by atomic mass is 16.4. The van der Waals surface area contributed by atoms with Crippen LogP contribution in [0.1, 0.15) is 152 Å². The Balaban J connectivity index is 2.45. The highest BCUT2D eigenvalue weighted by Gasteiger charge is 2.42. The maximum atomic E-state index is 14.6. The molecule has 14 atom stereocenters. The molecule has 29 nitrogen and oxygen atoms in total. The Morgan fingerprint density at radius 2 is 0.978 bits per heavy atom. The first-order valence-corrected chi connectivity index (χ1v) is 31.4. The molecule has 0 bridgehead atoms. The second-order valence-corrected chi connectivity index (χ2v) is 24.7. The lowest BCUT2D eigenvalue weighted by Crippen LogP contribution is -2.64. The van der Waals surface area contributed by atoms with E-state index in [0.717, 1.165) is 0 Å². The number of aliphatic hydroxyl groups excluding tert-OH is 2. The summed E-state index contributed by atoms with van der Waals surface area (Å²) in [6.45, 7) is 16.6. The average molecular weight is 1270 g/mol. The number of carbonyl (C=O) groups excluding carboxylic acids is 11. The number of nitrogens with two attached hydrogens (primary N) is 4. The number of nitrogens with one attached hydrogen (secondary N) is 9. The molecule has 0 unspecified atom stereocenters. The molecule has 1 aromatic carbocycles. The van der Waals surface area contributed by atoms with Crippen LogP contribution in [0.4, 0.5) is 0 Å². The number of aliphatic carboxylic acids is 1. The van der Waals surface area contributed by atoms with Gasteiger partial charge in [0.2, 0.25) is 65.0 Å². The maximum absolute atomic E-state index is 14.6. The molecule has 1 aliphatic rings. The number of benzene rings is 1. The Morgan fingerprint density at radius 3 is 1.43 bits per heavy atom. The molecule has 90 heavy (non-hydrogen) atoms. The monoisotopic (exact) mass is 1270 g/mol. The van der Waals surface area contributed by atoms with Gasteiger partial charge >= 0.3 is 5.97 Å². The van der Waals surface area contributed by atoms with Gasteiger partial charge in [0.25, 0.3) is 0 Å². The summed E-state index contributed by atoms with van der Waals surface area (Å²) in [4.78, 5) is 165. The molecule has 508 valence electrons. The van der Waals surface area contributed by atoms with Crippen LogP contribution < -0.4 is 70.8 Å². The second-order valence-electron chi connectivity index (χ2n) is 24.7. The molecular weight excluding hydrogens is 1170 g/mol. The third-order valence-electron chi connectivity index (χ3n) is 15.5. The number of carboxylic acids is 1. The lowest BCUT2D eigenvalue weighted by Gasteiger charge is -2.31. The van der Waals surface area contributed by atoms with E-state index in [2.05, 4.69) is 47.9 Å². The summed E-state index contributed by atoms with van der Waals surface area (Å²) >= 11 is 0. The van der Waals surface area contributed by atoms with Crippen molar-refractivity contribution in [3.63, 3.8) is 0 Å². The van der Waals surface area contributed by atoms with Gasteiger partial charge in [-0.2, -0.15) is 0 Å². The number of rotatable bonds is 41. The standard InChI is InChI=1S/C61H104N14O15/c1-11-35(8)48(72-51(79)39(64)31-46(65)78)57(85)74-50(37(10)77)59(87)71-47(34(6)7)56(84)73-49(36(9)76)58(86)68-42(28-32(2)3)54(82)67-40(22-15-17-25-62)52(80)66-41(23-16-18-26-63)53(81)69-43(30-38-20-13-12-14-21-38)60(88)75-27-19-24-45(75)55(83)70-44(61(89)90)29-33(4)5/h12-14,20-21,32-37,39-45,47-50,76-77H,11,15-19,22-31,62-64H2,1-10H3,(H2,65,78)(H,66,80)(H,67,82)(H,68,86)(H,69,81)(H,70,83)(H,71,87)(H,72,79)(H,73,84)(H,74,85)(H,89,90)/t35-,36+,37+,39-,40-,41-,42-,43-,44-,45-,47-,48-,49-,50-/m0/s1. The molecule has 1 aromatic rings. The molecule has 0 saturated carbocycles. The minimum Gasteiger partial charge on any atom is -0.480 e. The van der Waals surface area contributed by atoms with Gasteiger partial charge in [-0.3, -0.25) is 52.7 Å². The van der Waals surface area contributed by atoms with Crippen LogP contribution in [-0.2, 0) is 64.0 Å². The molecule has 1 aliphatic heterocycles. The van der Waals surface area contributed by atoms with Crippen LogP contribution in [0.15, 0.2) is 30.3 Å². The van der Waals surface area contributed by atoms with E-state index in [9.17, 15) is 72.9 Å². The van der Waals surface area contributed by atoms with Crippen molar-refractivity contribution in [1.82, 2.24) is 52.8 Å². The van der Waals surface area contributed by atoms with Gasteiger partial charge in [0.05, 0.1) is 24.7 Å². The van der Waals surface area contributed by atoms with Crippen LogP contribution in [0.3, 0.4) is 0 Å². The molecule has 0 aliphatic carbocycles. The van der Waals surface area contributed by atoms with Crippen molar-refractivity contribution in [1.29, 1.82) is 0 Å².